The summed E-state index contributed by atoms with van der Waals surface area (Å²) in [6.45, 7) is 13.7. The van der Waals surface area contributed by atoms with E-state index in [4.69, 9.17) is 9.47 Å². The molecular weight excluding hydrogens is 484 g/mol. The third-order valence-electron chi connectivity index (χ3n) is 8.76. The fourth-order valence-corrected chi connectivity index (χ4v) is 6.82. The molecule has 1 aromatic rings. The van der Waals surface area contributed by atoms with E-state index >= 15 is 0 Å². The summed E-state index contributed by atoms with van der Waals surface area (Å²) in [7, 11) is 0. The topological polar surface area (TPSA) is 96.4 Å². The Balaban J connectivity index is 1.78. The molecule has 1 N–H and O–H groups in total. The van der Waals surface area contributed by atoms with Gasteiger partial charge >= 0.3 is 5.97 Å². The Hall–Kier alpha value is -2.97. The molecule has 0 saturated carbocycles. The molecule has 0 aliphatic carbocycles. The van der Waals surface area contributed by atoms with Crippen molar-refractivity contribution in [3.63, 3.8) is 0 Å². The van der Waals surface area contributed by atoms with E-state index < -0.39 is 41.1 Å². The van der Waals surface area contributed by atoms with E-state index in [1.54, 1.807) is 17.1 Å². The highest BCUT2D eigenvalue weighted by molar-refractivity contribution is 5.98. The number of amides is 2. The van der Waals surface area contributed by atoms with Crippen LogP contribution in [0.3, 0.4) is 0 Å². The summed E-state index contributed by atoms with van der Waals surface area (Å²) in [4.78, 5) is 45.3. The van der Waals surface area contributed by atoms with E-state index in [0.29, 0.717) is 25.8 Å². The van der Waals surface area contributed by atoms with Gasteiger partial charge in [0.25, 0.3) is 0 Å². The number of benzene rings is 1. The lowest BCUT2D eigenvalue weighted by molar-refractivity contribution is -0.163. The molecule has 0 radical (unpaired) electrons. The third kappa shape index (κ3) is 4.37. The molecule has 3 aliphatic rings. The van der Waals surface area contributed by atoms with Gasteiger partial charge in [-0.15, -0.1) is 13.2 Å². The van der Waals surface area contributed by atoms with Gasteiger partial charge in [0.2, 0.25) is 11.8 Å². The summed E-state index contributed by atoms with van der Waals surface area (Å²) in [6, 6.07) is 8.08. The highest BCUT2D eigenvalue weighted by Gasteiger charge is 2.80. The summed E-state index contributed by atoms with van der Waals surface area (Å²) in [5.41, 5.74) is -1.19. The highest BCUT2D eigenvalue weighted by Crippen LogP contribution is 2.65. The maximum absolute atomic E-state index is 14.5. The molecule has 8 nitrogen and oxygen atoms in total. The van der Waals surface area contributed by atoms with Crippen molar-refractivity contribution in [2.45, 2.75) is 69.9 Å². The van der Waals surface area contributed by atoms with Crippen molar-refractivity contribution in [1.82, 2.24) is 9.80 Å². The summed E-state index contributed by atoms with van der Waals surface area (Å²) < 4.78 is 12.3. The number of likely N-dealkylation sites (tertiary alicyclic amines) is 1. The van der Waals surface area contributed by atoms with Gasteiger partial charge in [-0.3, -0.25) is 14.4 Å². The average molecular weight is 525 g/mol. The van der Waals surface area contributed by atoms with E-state index in [2.05, 4.69) is 13.2 Å². The van der Waals surface area contributed by atoms with Gasteiger partial charge < -0.3 is 24.4 Å². The number of rotatable bonds is 12. The second-order valence-electron chi connectivity index (χ2n) is 10.9. The van der Waals surface area contributed by atoms with E-state index in [1.807, 2.05) is 51.1 Å². The smallest absolute Gasteiger partial charge is 0.312 e. The normalized spacial score (nSPS) is 32.1. The molecule has 1 spiro atoms. The minimum Gasteiger partial charge on any atom is -0.465 e. The van der Waals surface area contributed by atoms with Gasteiger partial charge in [0, 0.05) is 13.1 Å². The van der Waals surface area contributed by atoms with Crippen molar-refractivity contribution in [3.05, 3.63) is 61.2 Å². The Labute approximate surface area is 225 Å². The minimum absolute atomic E-state index is 0.0880. The fourth-order valence-electron chi connectivity index (χ4n) is 6.82. The van der Waals surface area contributed by atoms with Crippen molar-refractivity contribution in [2.24, 2.45) is 17.8 Å². The van der Waals surface area contributed by atoms with Crippen LogP contribution >= 0.6 is 0 Å². The number of nitrogens with zero attached hydrogens (tertiary/aromatic N) is 2. The Morgan fingerprint density at radius 3 is 2.61 bits per heavy atom. The maximum Gasteiger partial charge on any atom is 0.312 e. The van der Waals surface area contributed by atoms with Crippen molar-refractivity contribution < 1.29 is 29.0 Å². The number of esters is 1. The summed E-state index contributed by atoms with van der Waals surface area (Å²) in [5.74, 6) is -2.88. The Morgan fingerprint density at radius 2 is 2.00 bits per heavy atom. The minimum atomic E-state index is -1.19. The molecular formula is C30H40N2O6. The molecule has 3 aliphatic heterocycles. The number of ether oxygens (including phenoxy) is 2. The number of carbonyl (C=O) groups is 3. The lowest BCUT2D eigenvalue weighted by Gasteiger charge is -2.39. The van der Waals surface area contributed by atoms with Crippen LogP contribution in [0.15, 0.2) is 55.6 Å². The van der Waals surface area contributed by atoms with Gasteiger partial charge in [-0.1, -0.05) is 56.3 Å². The Bertz CT molecular complexity index is 1070. The SMILES string of the molecule is C=CCCOC(=O)[C@H]1[C@H]2C(=O)N([C@@H](CC)CO)C(C(=O)N(CC=C)Cc3ccccc3)C23CC(C)[C@]1(C)O3. The molecule has 4 rings (SSSR count). The lowest BCUT2D eigenvalue weighted by atomic mass is 9.62. The average Bonchev–Trinajstić information content (AvgIpc) is 3.42. The van der Waals surface area contributed by atoms with Crippen LogP contribution < -0.4 is 0 Å². The van der Waals surface area contributed by atoms with Gasteiger partial charge in [0.1, 0.15) is 17.6 Å². The van der Waals surface area contributed by atoms with Gasteiger partial charge in [-0.05, 0) is 37.7 Å². The zero-order chi connectivity index (χ0) is 27.7. The molecule has 7 atom stereocenters. The fraction of sp³-hybridized carbons (Fsp3) is 0.567. The molecule has 8 heteroatoms. The van der Waals surface area contributed by atoms with Crippen LogP contribution in [0.4, 0.5) is 0 Å². The quantitative estimate of drug-likeness (QED) is 0.256. The van der Waals surface area contributed by atoms with Crippen molar-refractivity contribution >= 4 is 17.8 Å². The third-order valence-corrected chi connectivity index (χ3v) is 8.76. The van der Waals surface area contributed by atoms with Crippen LogP contribution in [-0.4, -0.2) is 75.7 Å². The first-order valence-electron chi connectivity index (χ1n) is 13.5. The molecule has 206 valence electrons. The van der Waals surface area contributed by atoms with E-state index in [-0.39, 0.29) is 37.5 Å². The standard InChI is InChI=1S/C30H40N2O6/c1-6-9-16-37-28(36)24-23-26(34)32(22(8-3)19-33)25(30(23)17-20(4)29(24,5)38-30)27(35)31(15-7-2)18-21-13-11-10-12-14-21/h6-7,10-14,20,22-25,33H,1-2,8-9,15-19H2,3-5H3/t20?,22-,23-,24+,25?,29-,30?/m0/s1. The van der Waals surface area contributed by atoms with Crippen LogP contribution in [0.1, 0.15) is 45.6 Å². The number of aliphatic hydroxyl groups is 1. The molecule has 0 aromatic heterocycles. The largest absolute Gasteiger partial charge is 0.465 e. The van der Waals surface area contributed by atoms with E-state index in [9.17, 15) is 19.5 Å². The first-order valence-corrected chi connectivity index (χ1v) is 13.5. The van der Waals surface area contributed by atoms with Crippen LogP contribution in [-0.2, 0) is 30.4 Å². The molecule has 3 unspecified atom stereocenters. The zero-order valence-electron chi connectivity index (χ0n) is 22.7. The van der Waals surface area contributed by atoms with E-state index in [0.717, 1.165) is 5.56 Å². The predicted octanol–water partition coefficient (Wildman–Crippen LogP) is 3.10. The first-order chi connectivity index (χ1) is 18.2. The number of hydrogen-bond donors (Lipinski definition) is 1. The number of aliphatic hydroxyl groups excluding tert-OH is 1. The molecule has 3 fully saturated rings. The lowest BCUT2D eigenvalue weighted by Crippen LogP contribution is -2.58. The first kappa shape index (κ1) is 28.0. The van der Waals surface area contributed by atoms with Gasteiger partial charge in [0.15, 0.2) is 0 Å². The molecule has 3 saturated heterocycles. The Kier molecular flexibility index (Phi) is 8.14. The maximum atomic E-state index is 14.5. The van der Waals surface area contributed by atoms with Crippen LogP contribution in [0.25, 0.3) is 0 Å². The van der Waals surface area contributed by atoms with Crippen LogP contribution in [0, 0.1) is 17.8 Å². The molecule has 2 amide bonds. The number of fused-ring (bicyclic) bond motifs is 1. The monoisotopic (exact) mass is 524 g/mol. The van der Waals surface area contributed by atoms with E-state index in [1.165, 1.54) is 4.90 Å². The second kappa shape index (κ2) is 11.0. The zero-order valence-corrected chi connectivity index (χ0v) is 22.7. The molecule has 2 bridgehead atoms. The summed E-state index contributed by atoms with van der Waals surface area (Å²) >= 11 is 0. The predicted molar refractivity (Wildman–Crippen MR) is 143 cm³/mol. The van der Waals surface area contributed by atoms with Crippen LogP contribution in [0.5, 0.6) is 0 Å². The number of hydrogen-bond acceptors (Lipinski definition) is 6. The highest BCUT2D eigenvalue weighted by atomic mass is 16.6. The van der Waals surface area contributed by atoms with Crippen LogP contribution in [0.2, 0.25) is 0 Å². The summed E-state index contributed by atoms with van der Waals surface area (Å²) in [5, 5.41) is 10.3. The molecule has 3 heterocycles. The summed E-state index contributed by atoms with van der Waals surface area (Å²) in [6.07, 6.45) is 4.74. The Morgan fingerprint density at radius 1 is 1.29 bits per heavy atom. The van der Waals surface area contributed by atoms with Gasteiger partial charge in [-0.25, -0.2) is 0 Å². The number of carbonyl (C=O) groups excluding carboxylic acids is 3. The van der Waals surface area contributed by atoms with Gasteiger partial charge in [-0.2, -0.15) is 0 Å². The van der Waals surface area contributed by atoms with Crippen molar-refractivity contribution in [2.75, 3.05) is 19.8 Å². The van der Waals surface area contributed by atoms with Gasteiger partial charge in [0.05, 0.1) is 30.8 Å². The molecule has 38 heavy (non-hydrogen) atoms. The molecule has 1 aromatic carbocycles. The second-order valence-corrected chi connectivity index (χ2v) is 10.9. The van der Waals surface area contributed by atoms with Crippen molar-refractivity contribution in [1.29, 1.82) is 0 Å². The van der Waals surface area contributed by atoms with Crippen molar-refractivity contribution in [3.8, 4) is 0 Å².